The minimum atomic E-state index is -4.53. The Bertz CT molecular complexity index is 570. The van der Waals surface area contributed by atoms with E-state index in [4.69, 9.17) is 0 Å². The van der Waals surface area contributed by atoms with E-state index in [9.17, 15) is 18.0 Å². The molecule has 2 aromatic rings. The summed E-state index contributed by atoms with van der Waals surface area (Å²) >= 11 is 0. The molecule has 1 unspecified atom stereocenters. The van der Waals surface area contributed by atoms with E-state index in [0.717, 1.165) is 6.07 Å². The highest BCUT2D eigenvalue weighted by Gasteiger charge is 2.35. The van der Waals surface area contributed by atoms with Gasteiger partial charge in [-0.25, -0.2) is 0 Å². The molecule has 1 atom stereocenters. The summed E-state index contributed by atoms with van der Waals surface area (Å²) in [5.74, 6) is -1.20. The summed E-state index contributed by atoms with van der Waals surface area (Å²) in [6.45, 7) is 0. The van der Waals surface area contributed by atoms with Crippen LogP contribution in [0.2, 0.25) is 0 Å². The van der Waals surface area contributed by atoms with Crippen molar-refractivity contribution in [1.82, 2.24) is 10.2 Å². The predicted molar refractivity (Wildman–Crippen MR) is 61.0 cm³/mol. The fourth-order valence-corrected chi connectivity index (χ4v) is 1.76. The molecule has 0 N–H and O–H groups in total. The maximum absolute atomic E-state index is 12.9. The summed E-state index contributed by atoms with van der Waals surface area (Å²) in [6, 6.07) is 7.82. The van der Waals surface area contributed by atoms with E-state index < -0.39 is 17.7 Å². The Morgan fingerprint density at radius 3 is 2.42 bits per heavy atom. The summed E-state index contributed by atoms with van der Waals surface area (Å²) in [4.78, 5) is 11.0. The van der Waals surface area contributed by atoms with Gasteiger partial charge in [0.25, 0.3) is 0 Å². The molecular weight excluding hydrogens is 257 g/mol. The zero-order valence-corrected chi connectivity index (χ0v) is 9.56. The Kier molecular flexibility index (Phi) is 3.59. The van der Waals surface area contributed by atoms with Crippen molar-refractivity contribution < 1.29 is 18.0 Å². The summed E-state index contributed by atoms with van der Waals surface area (Å²) < 4.78 is 38.7. The van der Waals surface area contributed by atoms with Crippen LogP contribution < -0.4 is 0 Å². The van der Waals surface area contributed by atoms with Crippen LogP contribution in [-0.4, -0.2) is 16.5 Å². The zero-order valence-electron chi connectivity index (χ0n) is 9.56. The maximum atomic E-state index is 12.9. The average Bonchev–Trinajstić information content (AvgIpc) is 2.40. The van der Waals surface area contributed by atoms with Crippen LogP contribution in [0.15, 0.2) is 42.6 Å². The van der Waals surface area contributed by atoms with E-state index in [1.165, 1.54) is 36.5 Å². The van der Waals surface area contributed by atoms with E-state index in [-0.39, 0.29) is 11.3 Å². The van der Waals surface area contributed by atoms with E-state index in [0.29, 0.717) is 0 Å². The van der Waals surface area contributed by atoms with Gasteiger partial charge in [-0.15, -0.1) is 0 Å². The molecule has 3 nitrogen and oxygen atoms in total. The Morgan fingerprint density at radius 1 is 1.11 bits per heavy atom. The highest BCUT2D eigenvalue weighted by atomic mass is 19.4. The number of aromatic nitrogens is 2. The predicted octanol–water partition coefficient (Wildman–Crippen LogP) is 2.74. The lowest BCUT2D eigenvalue weighted by atomic mass is 9.92. The van der Waals surface area contributed by atoms with E-state index in [1.807, 2.05) is 0 Å². The number of alkyl halides is 3. The summed E-state index contributed by atoms with van der Waals surface area (Å²) in [5, 5.41) is 7.23. The first kappa shape index (κ1) is 13.2. The molecule has 1 aromatic heterocycles. The fraction of sp³-hybridized carbons (Fsp3) is 0.154. The first-order chi connectivity index (χ1) is 9.04. The third-order valence-corrected chi connectivity index (χ3v) is 2.58. The first-order valence-electron chi connectivity index (χ1n) is 5.35. The quantitative estimate of drug-likeness (QED) is 0.857. The van der Waals surface area contributed by atoms with Crippen LogP contribution in [0.5, 0.6) is 0 Å². The van der Waals surface area contributed by atoms with Gasteiger partial charge in [0.2, 0.25) is 6.29 Å². The van der Waals surface area contributed by atoms with Crippen molar-refractivity contribution in [2.45, 2.75) is 12.1 Å². The third-order valence-electron chi connectivity index (χ3n) is 2.58. The fourth-order valence-electron chi connectivity index (χ4n) is 1.76. The van der Waals surface area contributed by atoms with Crippen molar-refractivity contribution in [2.24, 2.45) is 0 Å². The van der Waals surface area contributed by atoms with Gasteiger partial charge in [0.15, 0.2) is 0 Å². The van der Waals surface area contributed by atoms with Crippen molar-refractivity contribution in [3.05, 3.63) is 59.4 Å². The van der Waals surface area contributed by atoms with Crippen LogP contribution in [0.4, 0.5) is 13.2 Å². The smallest absolute Gasteiger partial charge is 0.290 e. The van der Waals surface area contributed by atoms with Gasteiger partial charge in [0.1, 0.15) is 0 Å². The third kappa shape index (κ3) is 2.78. The van der Waals surface area contributed by atoms with Gasteiger partial charge in [0, 0.05) is 6.20 Å². The zero-order chi connectivity index (χ0) is 13.9. The lowest BCUT2D eigenvalue weighted by Crippen LogP contribution is -2.14. The second kappa shape index (κ2) is 5.17. The van der Waals surface area contributed by atoms with Gasteiger partial charge in [0.05, 0.1) is 17.2 Å². The highest BCUT2D eigenvalue weighted by Crippen LogP contribution is 2.36. The van der Waals surface area contributed by atoms with Crippen LogP contribution in [0.3, 0.4) is 0 Å². The number of benzene rings is 1. The Labute approximate surface area is 107 Å². The molecule has 19 heavy (non-hydrogen) atoms. The molecule has 1 radical (unpaired) electrons. The van der Waals surface area contributed by atoms with Gasteiger partial charge in [-0.05, 0) is 23.8 Å². The maximum Gasteiger partial charge on any atom is 0.416 e. The molecule has 2 rings (SSSR count). The molecule has 1 aromatic carbocycles. The van der Waals surface area contributed by atoms with Gasteiger partial charge in [-0.2, -0.15) is 23.4 Å². The van der Waals surface area contributed by atoms with Gasteiger partial charge in [-0.1, -0.05) is 18.2 Å². The first-order valence-corrected chi connectivity index (χ1v) is 5.35. The topological polar surface area (TPSA) is 42.9 Å². The lowest BCUT2D eigenvalue weighted by molar-refractivity contribution is -0.138. The molecule has 1 heterocycles. The van der Waals surface area contributed by atoms with Crippen LogP contribution in [0.1, 0.15) is 22.7 Å². The minimum absolute atomic E-state index is 0.134. The van der Waals surface area contributed by atoms with Crippen LogP contribution in [0.25, 0.3) is 0 Å². The number of hydrogen-bond donors (Lipinski definition) is 0. The van der Waals surface area contributed by atoms with Gasteiger partial charge < -0.3 is 0 Å². The molecule has 0 aliphatic rings. The number of nitrogens with zero attached hydrogens (tertiary/aromatic N) is 2. The second-order valence-corrected chi connectivity index (χ2v) is 3.78. The highest BCUT2D eigenvalue weighted by molar-refractivity contribution is 5.69. The molecule has 6 heteroatoms. The van der Waals surface area contributed by atoms with Gasteiger partial charge >= 0.3 is 6.18 Å². The van der Waals surface area contributed by atoms with Crippen LogP contribution in [-0.2, 0) is 11.0 Å². The summed E-state index contributed by atoms with van der Waals surface area (Å²) in [6.07, 6.45) is -1.56. The normalized spacial score (nSPS) is 13.0. The number of rotatable bonds is 3. The molecule has 0 bridgehead atoms. The standard InChI is InChI=1S/C13H8F3N2O/c14-13(15,16)11-5-2-1-4-9(11)10(8-19)12-6-3-7-17-18-12/h1-7,10H. The summed E-state index contributed by atoms with van der Waals surface area (Å²) in [5.41, 5.74) is -0.909. The van der Waals surface area contributed by atoms with E-state index in [2.05, 4.69) is 10.2 Å². The molecule has 0 amide bonds. The van der Waals surface area contributed by atoms with Crippen LogP contribution >= 0.6 is 0 Å². The van der Waals surface area contributed by atoms with Crippen molar-refractivity contribution in [2.75, 3.05) is 0 Å². The Morgan fingerprint density at radius 2 is 1.84 bits per heavy atom. The van der Waals surface area contributed by atoms with Crippen molar-refractivity contribution in [1.29, 1.82) is 0 Å². The number of hydrogen-bond acceptors (Lipinski definition) is 3. The van der Waals surface area contributed by atoms with E-state index >= 15 is 0 Å². The Hall–Kier alpha value is -2.24. The lowest BCUT2D eigenvalue weighted by Gasteiger charge is -2.16. The van der Waals surface area contributed by atoms with Crippen molar-refractivity contribution in [3.63, 3.8) is 0 Å². The Balaban J connectivity index is 2.54. The number of carbonyl (C=O) groups excluding carboxylic acids is 1. The molecule has 0 aliphatic carbocycles. The van der Waals surface area contributed by atoms with Crippen LogP contribution in [0, 0.1) is 0 Å². The largest absolute Gasteiger partial charge is 0.416 e. The SMILES string of the molecule is O=[C]C(c1cccnn1)c1ccccc1C(F)(F)F. The van der Waals surface area contributed by atoms with Crippen molar-refractivity contribution >= 4 is 6.29 Å². The molecule has 0 saturated heterocycles. The van der Waals surface area contributed by atoms with E-state index in [1.54, 1.807) is 6.29 Å². The monoisotopic (exact) mass is 265 g/mol. The molecule has 0 spiro atoms. The molecule has 0 aliphatic heterocycles. The minimum Gasteiger partial charge on any atom is -0.290 e. The summed E-state index contributed by atoms with van der Waals surface area (Å²) in [7, 11) is 0. The molecule has 0 saturated carbocycles. The molecule has 0 fully saturated rings. The second-order valence-electron chi connectivity index (χ2n) is 3.78. The number of halogens is 3. The van der Waals surface area contributed by atoms with Gasteiger partial charge in [-0.3, -0.25) is 4.79 Å². The molecular formula is C13H8F3N2O. The molecule has 97 valence electrons. The average molecular weight is 265 g/mol. The van der Waals surface area contributed by atoms with Crippen molar-refractivity contribution in [3.8, 4) is 0 Å².